The number of hydrogen-bond donors (Lipinski definition) is 1. The van der Waals surface area contributed by atoms with Crippen LogP contribution in [0.15, 0.2) is 22.8 Å². The van der Waals surface area contributed by atoms with E-state index < -0.39 is 0 Å². The van der Waals surface area contributed by atoms with Crippen LogP contribution in [0.5, 0.6) is 0 Å². The fourth-order valence-corrected chi connectivity index (χ4v) is 3.88. The molecule has 0 saturated carbocycles. The van der Waals surface area contributed by atoms with E-state index in [-0.39, 0.29) is 11.8 Å². The zero-order valence-electron chi connectivity index (χ0n) is 15.1. The first-order chi connectivity index (χ1) is 12.0. The molecule has 2 aliphatic heterocycles. The molecule has 7 heteroatoms. The summed E-state index contributed by atoms with van der Waals surface area (Å²) in [4.78, 5) is 30.2. The lowest BCUT2D eigenvalue weighted by atomic mass is 10.0. The van der Waals surface area contributed by atoms with Gasteiger partial charge < -0.3 is 14.6 Å². The third-order valence-electron chi connectivity index (χ3n) is 5.28. The van der Waals surface area contributed by atoms with Crippen LogP contribution < -0.4 is 5.32 Å². The summed E-state index contributed by atoms with van der Waals surface area (Å²) in [5.41, 5.74) is 0. The van der Waals surface area contributed by atoms with Crippen molar-refractivity contribution in [3.8, 4) is 0 Å². The van der Waals surface area contributed by atoms with Gasteiger partial charge in [-0.05, 0) is 18.1 Å². The van der Waals surface area contributed by atoms with Crippen molar-refractivity contribution in [1.29, 1.82) is 0 Å². The van der Waals surface area contributed by atoms with E-state index in [4.69, 9.17) is 4.42 Å². The molecule has 0 aromatic carbocycles. The topological polar surface area (TPSA) is 69.0 Å². The Bertz CT molecular complexity index is 581. The van der Waals surface area contributed by atoms with E-state index in [2.05, 4.69) is 22.0 Å². The summed E-state index contributed by atoms with van der Waals surface area (Å²) < 4.78 is 5.23. The summed E-state index contributed by atoms with van der Waals surface area (Å²) >= 11 is 0. The maximum atomic E-state index is 12.1. The van der Waals surface area contributed by atoms with Crippen LogP contribution in [0.3, 0.4) is 0 Å². The van der Waals surface area contributed by atoms with Crippen molar-refractivity contribution < 1.29 is 14.0 Å². The van der Waals surface area contributed by atoms with Crippen molar-refractivity contribution in [3.05, 3.63) is 24.2 Å². The number of likely N-dealkylation sites (tertiary alicyclic amines) is 1. The quantitative estimate of drug-likeness (QED) is 0.833. The minimum Gasteiger partial charge on any atom is -0.467 e. The molecule has 3 heterocycles. The third kappa shape index (κ3) is 4.61. The monoisotopic (exact) mass is 348 g/mol. The Kier molecular flexibility index (Phi) is 5.75. The molecule has 1 N–H and O–H groups in total. The lowest BCUT2D eigenvalue weighted by Crippen LogP contribution is -2.53. The molecule has 0 radical (unpaired) electrons. The number of furan rings is 1. The van der Waals surface area contributed by atoms with Crippen LogP contribution in [0.1, 0.15) is 19.6 Å². The first kappa shape index (κ1) is 17.9. The SMILES string of the molecule is CC(=O)N1CCN([C@H]2CN(CC(=O)NCc3ccco3)C[C@@H]2C)CC1. The smallest absolute Gasteiger partial charge is 0.234 e. The average Bonchev–Trinajstić information content (AvgIpc) is 3.23. The van der Waals surface area contributed by atoms with Gasteiger partial charge in [-0.25, -0.2) is 0 Å². The molecule has 0 bridgehead atoms. The highest BCUT2D eigenvalue weighted by molar-refractivity contribution is 5.78. The molecule has 2 aliphatic rings. The number of hydrogen-bond acceptors (Lipinski definition) is 5. The van der Waals surface area contributed by atoms with Gasteiger partial charge in [0.1, 0.15) is 5.76 Å². The molecule has 7 nitrogen and oxygen atoms in total. The minimum absolute atomic E-state index is 0.0330. The van der Waals surface area contributed by atoms with Crippen molar-refractivity contribution in [2.75, 3.05) is 45.8 Å². The molecule has 1 aromatic heterocycles. The number of rotatable bonds is 5. The van der Waals surface area contributed by atoms with E-state index in [0.29, 0.717) is 25.0 Å². The highest BCUT2D eigenvalue weighted by Crippen LogP contribution is 2.22. The predicted octanol–water partition coefficient (Wildman–Crippen LogP) is 0.380. The van der Waals surface area contributed by atoms with Crippen molar-refractivity contribution >= 4 is 11.8 Å². The summed E-state index contributed by atoms with van der Waals surface area (Å²) in [5, 5.41) is 2.91. The number of piperazine rings is 1. The molecule has 0 aliphatic carbocycles. The molecule has 25 heavy (non-hydrogen) atoms. The van der Waals surface area contributed by atoms with Crippen LogP contribution >= 0.6 is 0 Å². The highest BCUT2D eigenvalue weighted by Gasteiger charge is 2.36. The molecular weight excluding hydrogens is 320 g/mol. The van der Waals surface area contributed by atoms with E-state index in [0.717, 1.165) is 45.0 Å². The number of nitrogens with one attached hydrogen (secondary N) is 1. The standard InChI is InChI=1S/C18H28N4O3/c1-14-11-20(13-18(24)19-10-16-4-3-9-25-16)12-17(14)22-7-5-21(6-8-22)15(2)23/h3-4,9,14,17H,5-8,10-13H2,1-2H3,(H,19,24)/t14-,17-/m0/s1. The van der Waals surface area contributed by atoms with Gasteiger partial charge in [-0.1, -0.05) is 6.92 Å². The summed E-state index contributed by atoms with van der Waals surface area (Å²) in [6, 6.07) is 4.14. The van der Waals surface area contributed by atoms with Crippen LogP contribution in [-0.2, 0) is 16.1 Å². The van der Waals surface area contributed by atoms with Crippen molar-refractivity contribution in [2.24, 2.45) is 5.92 Å². The van der Waals surface area contributed by atoms with Crippen molar-refractivity contribution in [2.45, 2.75) is 26.4 Å². The van der Waals surface area contributed by atoms with Crippen molar-refractivity contribution in [1.82, 2.24) is 20.0 Å². The van der Waals surface area contributed by atoms with E-state index in [1.165, 1.54) is 0 Å². The maximum absolute atomic E-state index is 12.1. The zero-order valence-corrected chi connectivity index (χ0v) is 15.1. The van der Waals surface area contributed by atoms with E-state index in [9.17, 15) is 9.59 Å². The molecule has 2 saturated heterocycles. The second-order valence-electron chi connectivity index (χ2n) is 7.14. The van der Waals surface area contributed by atoms with Crippen LogP contribution in [-0.4, -0.2) is 78.4 Å². The first-order valence-corrected chi connectivity index (χ1v) is 9.04. The molecular formula is C18H28N4O3. The molecule has 0 spiro atoms. The Labute approximate surface area is 148 Å². The summed E-state index contributed by atoms with van der Waals surface area (Å²) in [5.74, 6) is 1.49. The van der Waals surface area contributed by atoms with Gasteiger partial charge in [0.15, 0.2) is 0 Å². The largest absolute Gasteiger partial charge is 0.467 e. The van der Waals surface area contributed by atoms with E-state index >= 15 is 0 Å². The van der Waals surface area contributed by atoms with E-state index in [1.54, 1.807) is 13.2 Å². The molecule has 3 rings (SSSR count). The summed E-state index contributed by atoms with van der Waals surface area (Å²) in [7, 11) is 0. The number of amides is 2. The third-order valence-corrected chi connectivity index (χ3v) is 5.28. The van der Waals surface area contributed by atoms with Gasteiger partial charge in [0.25, 0.3) is 0 Å². The minimum atomic E-state index is 0.0330. The molecule has 138 valence electrons. The fraction of sp³-hybridized carbons (Fsp3) is 0.667. The molecule has 2 atom stereocenters. The van der Waals surface area contributed by atoms with Gasteiger partial charge in [-0.2, -0.15) is 0 Å². The van der Waals surface area contributed by atoms with Gasteiger partial charge in [-0.3, -0.25) is 19.4 Å². The Balaban J connectivity index is 1.43. The Hall–Kier alpha value is -1.86. The summed E-state index contributed by atoms with van der Waals surface area (Å²) in [6.45, 7) is 10.1. The fourth-order valence-electron chi connectivity index (χ4n) is 3.88. The predicted molar refractivity (Wildman–Crippen MR) is 93.8 cm³/mol. The summed E-state index contributed by atoms with van der Waals surface area (Å²) in [6.07, 6.45) is 1.61. The normalized spacial score (nSPS) is 25.3. The Morgan fingerprint density at radius 3 is 2.64 bits per heavy atom. The maximum Gasteiger partial charge on any atom is 0.234 e. The lowest BCUT2D eigenvalue weighted by molar-refractivity contribution is -0.131. The number of nitrogens with zero attached hydrogens (tertiary/aromatic N) is 3. The molecule has 1 aromatic rings. The van der Waals surface area contributed by atoms with Gasteiger partial charge in [0.05, 0.1) is 19.4 Å². The molecule has 0 unspecified atom stereocenters. The second kappa shape index (κ2) is 8.01. The zero-order chi connectivity index (χ0) is 17.8. The Morgan fingerprint density at radius 1 is 1.24 bits per heavy atom. The van der Waals surface area contributed by atoms with E-state index in [1.807, 2.05) is 17.0 Å². The van der Waals surface area contributed by atoms with Crippen LogP contribution in [0.2, 0.25) is 0 Å². The first-order valence-electron chi connectivity index (χ1n) is 9.04. The lowest BCUT2D eigenvalue weighted by Gasteiger charge is -2.39. The highest BCUT2D eigenvalue weighted by atomic mass is 16.3. The number of carbonyl (C=O) groups is 2. The number of carbonyl (C=O) groups excluding carboxylic acids is 2. The average molecular weight is 348 g/mol. The van der Waals surface area contributed by atoms with Gasteiger partial charge in [0.2, 0.25) is 11.8 Å². The van der Waals surface area contributed by atoms with Gasteiger partial charge in [-0.15, -0.1) is 0 Å². The van der Waals surface area contributed by atoms with Gasteiger partial charge in [0, 0.05) is 52.2 Å². The second-order valence-corrected chi connectivity index (χ2v) is 7.14. The van der Waals surface area contributed by atoms with Gasteiger partial charge >= 0.3 is 0 Å². The van der Waals surface area contributed by atoms with Crippen LogP contribution in [0.4, 0.5) is 0 Å². The van der Waals surface area contributed by atoms with Crippen molar-refractivity contribution in [3.63, 3.8) is 0 Å². The molecule has 2 amide bonds. The molecule has 2 fully saturated rings. The van der Waals surface area contributed by atoms with Crippen LogP contribution in [0.25, 0.3) is 0 Å². The van der Waals surface area contributed by atoms with Crippen LogP contribution in [0, 0.1) is 5.92 Å². The Morgan fingerprint density at radius 2 is 2.00 bits per heavy atom.